The number of carbonyl (C=O) groups is 1. The zero-order chi connectivity index (χ0) is 14.8. The van der Waals surface area contributed by atoms with Gasteiger partial charge < -0.3 is 10.1 Å². The fraction of sp³-hybridized carbons (Fsp3) is 0.462. The summed E-state index contributed by atoms with van der Waals surface area (Å²) in [7, 11) is 0. The summed E-state index contributed by atoms with van der Waals surface area (Å²) in [6.45, 7) is 6.02. The van der Waals surface area contributed by atoms with E-state index in [4.69, 9.17) is 16.3 Å². The molecule has 108 valence electrons. The van der Waals surface area contributed by atoms with Crippen molar-refractivity contribution in [3.8, 4) is 0 Å². The molecule has 5 nitrogen and oxygen atoms in total. The van der Waals surface area contributed by atoms with E-state index in [0.717, 1.165) is 21.5 Å². The van der Waals surface area contributed by atoms with Crippen LogP contribution in [0.5, 0.6) is 0 Å². The van der Waals surface area contributed by atoms with E-state index in [1.807, 2.05) is 26.8 Å². The minimum Gasteiger partial charge on any atom is -0.444 e. The minimum absolute atomic E-state index is 0.383. The maximum absolute atomic E-state index is 11.5. The summed E-state index contributed by atoms with van der Waals surface area (Å²) in [4.78, 5) is 13.5. The fourth-order valence-corrected chi connectivity index (χ4v) is 2.72. The molecule has 2 rings (SSSR count). The number of halogens is 1. The smallest absolute Gasteiger partial charge is 0.407 e. The maximum Gasteiger partial charge on any atom is 0.407 e. The molecule has 1 amide bonds. The molecule has 0 aromatic carbocycles. The molecule has 0 spiro atoms. The van der Waals surface area contributed by atoms with Crippen LogP contribution in [0.4, 0.5) is 4.79 Å². The lowest BCUT2D eigenvalue weighted by Gasteiger charge is -2.19. The fourth-order valence-electron chi connectivity index (χ4n) is 1.60. The van der Waals surface area contributed by atoms with Crippen LogP contribution in [0.15, 0.2) is 12.1 Å². The number of nitrogens with zero attached hydrogens (tertiary/aromatic N) is 2. The Morgan fingerprint density at radius 2 is 2.15 bits per heavy atom. The number of nitrogens with one attached hydrogen (secondary N) is 1. The Bertz CT molecular complexity index is 622. The van der Waals surface area contributed by atoms with Crippen LogP contribution in [0.3, 0.4) is 0 Å². The number of fused-ring (bicyclic) bond motifs is 1. The lowest BCUT2D eigenvalue weighted by atomic mass is 10.2. The predicted octanol–water partition coefficient (Wildman–Crippen LogP) is 3.41. The largest absolute Gasteiger partial charge is 0.444 e. The summed E-state index contributed by atoms with van der Waals surface area (Å²) in [5.74, 6) is 0. The van der Waals surface area contributed by atoms with Crippen molar-refractivity contribution >= 4 is 39.2 Å². The van der Waals surface area contributed by atoms with Crippen molar-refractivity contribution in [2.45, 2.75) is 32.8 Å². The van der Waals surface area contributed by atoms with Gasteiger partial charge in [-0.3, -0.25) is 0 Å². The summed E-state index contributed by atoms with van der Waals surface area (Å²) in [5, 5.41) is 11.9. The predicted molar refractivity (Wildman–Crippen MR) is 80.4 cm³/mol. The van der Waals surface area contributed by atoms with Gasteiger partial charge in [0.1, 0.15) is 10.4 Å². The average molecular weight is 314 g/mol. The van der Waals surface area contributed by atoms with E-state index in [9.17, 15) is 4.79 Å². The minimum atomic E-state index is -0.478. The molecule has 2 aromatic heterocycles. The lowest BCUT2D eigenvalue weighted by Crippen LogP contribution is -2.33. The molecule has 1 N–H and O–H groups in total. The molecule has 20 heavy (non-hydrogen) atoms. The summed E-state index contributed by atoms with van der Waals surface area (Å²) < 4.78 is 5.16. The van der Waals surface area contributed by atoms with E-state index >= 15 is 0 Å². The Morgan fingerprint density at radius 3 is 2.85 bits per heavy atom. The van der Waals surface area contributed by atoms with Crippen LogP contribution in [0.2, 0.25) is 5.15 Å². The van der Waals surface area contributed by atoms with Crippen molar-refractivity contribution in [3.63, 3.8) is 0 Å². The molecule has 0 atom stereocenters. The third-order valence-electron chi connectivity index (χ3n) is 2.34. The molecule has 0 aliphatic carbocycles. The van der Waals surface area contributed by atoms with Gasteiger partial charge in [-0.15, -0.1) is 21.5 Å². The van der Waals surface area contributed by atoms with Crippen LogP contribution in [-0.2, 0) is 11.2 Å². The van der Waals surface area contributed by atoms with E-state index in [-0.39, 0.29) is 0 Å². The highest BCUT2D eigenvalue weighted by atomic mass is 35.5. The van der Waals surface area contributed by atoms with Crippen molar-refractivity contribution in [1.29, 1.82) is 0 Å². The molecule has 2 aromatic rings. The highest BCUT2D eigenvalue weighted by Gasteiger charge is 2.15. The van der Waals surface area contributed by atoms with E-state index in [1.54, 1.807) is 17.4 Å². The Labute approximate surface area is 126 Å². The van der Waals surface area contributed by atoms with Crippen molar-refractivity contribution in [2.75, 3.05) is 6.54 Å². The van der Waals surface area contributed by atoms with Crippen LogP contribution in [0.25, 0.3) is 10.2 Å². The third kappa shape index (κ3) is 4.31. The van der Waals surface area contributed by atoms with Crippen molar-refractivity contribution in [2.24, 2.45) is 0 Å². The van der Waals surface area contributed by atoms with E-state index < -0.39 is 11.7 Å². The molecule has 0 unspecified atom stereocenters. The number of alkyl carbamates (subject to hydrolysis) is 1. The molecule has 2 heterocycles. The standard InChI is InChI=1S/C13H16ClN3O2S/c1-13(2,3)19-12(18)15-5-4-9-6-8-7-10(14)16-17-11(8)20-9/h6-7H,4-5H2,1-3H3,(H,15,18). The van der Waals surface area contributed by atoms with Gasteiger partial charge in [0.05, 0.1) is 0 Å². The number of hydrogen-bond acceptors (Lipinski definition) is 5. The lowest BCUT2D eigenvalue weighted by molar-refractivity contribution is 0.0528. The van der Waals surface area contributed by atoms with Crippen LogP contribution < -0.4 is 5.32 Å². The Kier molecular flexibility index (Phi) is 4.45. The molecular weight excluding hydrogens is 298 g/mol. The quantitative estimate of drug-likeness (QED) is 0.943. The number of ether oxygens (including phenoxy) is 1. The highest BCUT2D eigenvalue weighted by molar-refractivity contribution is 7.18. The van der Waals surface area contributed by atoms with E-state index in [0.29, 0.717) is 11.7 Å². The van der Waals surface area contributed by atoms with Crippen molar-refractivity contribution in [3.05, 3.63) is 22.2 Å². The van der Waals surface area contributed by atoms with Crippen LogP contribution in [0.1, 0.15) is 25.6 Å². The average Bonchev–Trinajstić information content (AvgIpc) is 2.68. The molecular formula is C13H16ClN3O2S. The Hall–Kier alpha value is -1.40. The molecule has 0 aliphatic heterocycles. The monoisotopic (exact) mass is 313 g/mol. The molecule has 0 saturated heterocycles. The van der Waals surface area contributed by atoms with Crippen molar-refractivity contribution in [1.82, 2.24) is 15.5 Å². The highest BCUT2D eigenvalue weighted by Crippen LogP contribution is 2.24. The number of amides is 1. The second-order valence-corrected chi connectivity index (χ2v) is 6.82. The number of aromatic nitrogens is 2. The zero-order valence-corrected chi connectivity index (χ0v) is 13.1. The van der Waals surface area contributed by atoms with Gasteiger partial charge in [0.25, 0.3) is 0 Å². The Balaban J connectivity index is 1.88. The first-order valence-corrected chi connectivity index (χ1v) is 7.41. The van der Waals surface area contributed by atoms with Gasteiger partial charge in [-0.05, 0) is 39.3 Å². The molecule has 0 radical (unpaired) electrons. The molecule has 0 saturated carbocycles. The Morgan fingerprint density at radius 1 is 1.40 bits per heavy atom. The summed E-state index contributed by atoms with van der Waals surface area (Å²) in [6.07, 6.45) is 0.319. The normalized spacial score (nSPS) is 11.6. The van der Waals surface area contributed by atoms with Crippen molar-refractivity contribution < 1.29 is 9.53 Å². The zero-order valence-electron chi connectivity index (χ0n) is 11.6. The topological polar surface area (TPSA) is 64.1 Å². The first-order chi connectivity index (χ1) is 9.33. The van der Waals surface area contributed by atoms with Gasteiger partial charge in [0, 0.05) is 16.8 Å². The molecule has 0 bridgehead atoms. The van der Waals surface area contributed by atoms with E-state index in [1.165, 1.54) is 0 Å². The first kappa shape index (κ1) is 15.0. The number of carbonyl (C=O) groups excluding carboxylic acids is 1. The van der Waals surface area contributed by atoms with E-state index in [2.05, 4.69) is 15.5 Å². The second-order valence-electron chi connectivity index (χ2n) is 5.32. The van der Waals surface area contributed by atoms with Crippen LogP contribution in [0, 0.1) is 0 Å². The number of hydrogen-bond donors (Lipinski definition) is 1. The van der Waals surface area contributed by atoms with Gasteiger partial charge in [-0.1, -0.05) is 11.6 Å². The first-order valence-electron chi connectivity index (χ1n) is 6.22. The summed E-state index contributed by atoms with van der Waals surface area (Å²) >= 11 is 7.34. The van der Waals surface area contributed by atoms with Gasteiger partial charge in [0.2, 0.25) is 0 Å². The maximum atomic E-state index is 11.5. The van der Waals surface area contributed by atoms with Crippen LogP contribution in [-0.4, -0.2) is 28.4 Å². The SMILES string of the molecule is CC(C)(C)OC(=O)NCCc1cc2cc(Cl)nnc2s1. The molecule has 0 fully saturated rings. The number of rotatable bonds is 3. The molecule has 7 heteroatoms. The summed E-state index contributed by atoms with van der Waals surface area (Å²) in [6, 6.07) is 3.79. The third-order valence-corrected chi connectivity index (χ3v) is 3.62. The summed E-state index contributed by atoms with van der Waals surface area (Å²) in [5.41, 5.74) is -0.478. The van der Waals surface area contributed by atoms with Gasteiger partial charge in [-0.25, -0.2) is 4.79 Å². The van der Waals surface area contributed by atoms with Crippen LogP contribution >= 0.6 is 22.9 Å². The molecule has 0 aliphatic rings. The van der Waals surface area contributed by atoms with Gasteiger partial charge in [-0.2, -0.15) is 0 Å². The van der Waals surface area contributed by atoms with Gasteiger partial charge in [0.15, 0.2) is 5.15 Å². The van der Waals surface area contributed by atoms with Gasteiger partial charge >= 0.3 is 6.09 Å². The second kappa shape index (κ2) is 5.93. The number of thiophene rings is 1.